The number of amides is 1. The Balaban J connectivity index is 1.53. The van der Waals surface area contributed by atoms with Crippen molar-refractivity contribution in [1.82, 2.24) is 15.3 Å². The first-order valence-corrected chi connectivity index (χ1v) is 11.0. The molecule has 1 amide bonds. The van der Waals surface area contributed by atoms with Crippen molar-refractivity contribution in [2.75, 3.05) is 7.11 Å². The first kappa shape index (κ1) is 23.8. The number of benzene rings is 2. The Kier molecular flexibility index (Phi) is 5.89. The lowest BCUT2D eigenvalue weighted by atomic mass is 10.1. The highest BCUT2D eigenvalue weighted by atomic mass is 19.4. The van der Waals surface area contributed by atoms with Gasteiger partial charge in [0.1, 0.15) is 17.0 Å². The molecule has 0 saturated carbocycles. The van der Waals surface area contributed by atoms with Crippen LogP contribution >= 0.6 is 0 Å². The summed E-state index contributed by atoms with van der Waals surface area (Å²) in [5.74, 6) is -0.381. The van der Waals surface area contributed by atoms with E-state index in [1.165, 1.54) is 19.2 Å². The van der Waals surface area contributed by atoms with Gasteiger partial charge >= 0.3 is 6.18 Å². The fourth-order valence-electron chi connectivity index (χ4n) is 4.44. The quantitative estimate of drug-likeness (QED) is 0.383. The zero-order valence-corrected chi connectivity index (χ0v) is 19.0. The van der Waals surface area contributed by atoms with Crippen LogP contribution in [0.4, 0.5) is 13.2 Å². The molecule has 2 atom stereocenters. The smallest absolute Gasteiger partial charge is 0.433 e. The van der Waals surface area contributed by atoms with Crippen molar-refractivity contribution in [2.24, 2.45) is 5.73 Å². The lowest BCUT2D eigenvalue weighted by Gasteiger charge is -2.17. The Morgan fingerprint density at radius 1 is 1.19 bits per heavy atom. The van der Waals surface area contributed by atoms with Crippen molar-refractivity contribution in [3.05, 3.63) is 76.8 Å². The van der Waals surface area contributed by atoms with Gasteiger partial charge in [-0.1, -0.05) is 24.3 Å². The minimum atomic E-state index is -4.64. The van der Waals surface area contributed by atoms with Gasteiger partial charge in [-0.05, 0) is 35.4 Å². The Labute approximate surface area is 202 Å². The number of nitrogens with one attached hydrogen (secondary N) is 1. The van der Waals surface area contributed by atoms with Crippen LogP contribution in [0.5, 0.6) is 5.75 Å². The molecule has 8 nitrogen and oxygen atoms in total. The number of carbonyl (C=O) groups is 1. The molecule has 2 aromatic carbocycles. The maximum Gasteiger partial charge on any atom is 0.433 e. The third-order valence-electron chi connectivity index (χ3n) is 6.15. The van der Waals surface area contributed by atoms with Crippen LogP contribution in [0.15, 0.2) is 52.9 Å². The zero-order chi connectivity index (χ0) is 25.6. The zero-order valence-electron chi connectivity index (χ0n) is 19.0. The molecule has 0 saturated heterocycles. The highest BCUT2D eigenvalue weighted by Crippen LogP contribution is 2.37. The minimum Gasteiger partial charge on any atom is -0.494 e. The van der Waals surface area contributed by atoms with E-state index in [9.17, 15) is 23.1 Å². The molecule has 0 spiro atoms. The number of fused-ring (bicyclic) bond motifs is 2. The van der Waals surface area contributed by atoms with Crippen LogP contribution in [-0.4, -0.2) is 34.2 Å². The molecular formula is C25H21F3N4O4. The maximum atomic E-state index is 13.2. The first-order chi connectivity index (χ1) is 17.2. The van der Waals surface area contributed by atoms with Gasteiger partial charge in [-0.2, -0.15) is 13.2 Å². The number of alkyl halides is 3. The average Bonchev–Trinajstić information content (AvgIpc) is 3.43. The molecular weight excluding hydrogens is 477 g/mol. The number of aromatic nitrogens is 2. The van der Waals surface area contributed by atoms with E-state index in [4.69, 9.17) is 14.9 Å². The number of nitrogens with zero attached hydrogens (tertiary/aromatic N) is 2. The number of aliphatic hydroxyl groups is 1. The molecule has 1 aliphatic rings. The number of ether oxygens (including phenoxy) is 1. The monoisotopic (exact) mass is 498 g/mol. The standard InChI is InChI=1S/C25H21F3N4O4/c1-35-17-8-6-15(14-7-9-19(25(26,27)28)30-21(14)17)24-32-22(18(11-29)36-24)23(34)31-20-13-5-3-2-4-12(13)10-16(20)33/h2-9,16,20,33H,10-11,29H2,1H3,(H,31,34)/t16?,20-/m1/s1. The third kappa shape index (κ3) is 4.06. The molecule has 0 fully saturated rings. The van der Waals surface area contributed by atoms with E-state index in [2.05, 4.69) is 15.3 Å². The van der Waals surface area contributed by atoms with E-state index in [1.54, 1.807) is 6.07 Å². The molecule has 4 aromatic rings. The lowest BCUT2D eigenvalue weighted by Crippen LogP contribution is -2.34. The van der Waals surface area contributed by atoms with E-state index in [0.29, 0.717) is 17.4 Å². The Hall–Kier alpha value is -3.96. The van der Waals surface area contributed by atoms with Gasteiger partial charge in [0.25, 0.3) is 5.91 Å². The molecule has 2 aromatic heterocycles. The Morgan fingerprint density at radius 3 is 2.69 bits per heavy atom. The predicted octanol–water partition coefficient (Wildman–Crippen LogP) is 3.76. The van der Waals surface area contributed by atoms with Gasteiger partial charge in [-0.3, -0.25) is 4.79 Å². The van der Waals surface area contributed by atoms with E-state index in [1.807, 2.05) is 24.3 Å². The molecule has 11 heteroatoms. The summed E-state index contributed by atoms with van der Waals surface area (Å²) in [6, 6.07) is 11.9. The number of methoxy groups -OCH3 is 1. The van der Waals surface area contributed by atoms with Crippen molar-refractivity contribution in [3.8, 4) is 17.2 Å². The number of pyridine rings is 1. The van der Waals surface area contributed by atoms with Gasteiger partial charge in [0.2, 0.25) is 5.89 Å². The largest absolute Gasteiger partial charge is 0.494 e. The summed E-state index contributed by atoms with van der Waals surface area (Å²) < 4.78 is 50.7. The summed E-state index contributed by atoms with van der Waals surface area (Å²) in [6.07, 6.45) is -5.04. The molecule has 1 unspecified atom stereocenters. The normalized spacial score (nSPS) is 17.3. The van der Waals surface area contributed by atoms with Crippen LogP contribution in [0.1, 0.15) is 39.1 Å². The highest BCUT2D eigenvalue weighted by molar-refractivity contribution is 5.98. The van der Waals surface area contributed by atoms with Gasteiger partial charge in [-0.25, -0.2) is 9.97 Å². The number of nitrogens with two attached hydrogens (primary N) is 1. The topological polar surface area (TPSA) is 124 Å². The van der Waals surface area contributed by atoms with Crippen LogP contribution in [-0.2, 0) is 19.1 Å². The van der Waals surface area contributed by atoms with Gasteiger partial charge < -0.3 is 25.3 Å². The molecule has 1 aliphatic carbocycles. The second-order valence-electron chi connectivity index (χ2n) is 8.32. The number of hydrogen-bond donors (Lipinski definition) is 3. The SMILES string of the molecule is COc1ccc(-c2nc(C(=O)N[C@@H]3c4ccccc4CC3O)c(CN)o2)c2ccc(C(F)(F)F)nc12. The van der Waals surface area contributed by atoms with Crippen LogP contribution in [0.3, 0.4) is 0 Å². The number of aliphatic hydroxyl groups excluding tert-OH is 1. The molecule has 36 heavy (non-hydrogen) atoms. The second kappa shape index (κ2) is 8.92. The number of halogens is 3. The number of carbonyl (C=O) groups excluding carboxylic acids is 1. The van der Waals surface area contributed by atoms with Crippen LogP contribution in [0.2, 0.25) is 0 Å². The number of oxazole rings is 1. The van der Waals surface area contributed by atoms with Gasteiger partial charge in [0.15, 0.2) is 11.5 Å². The summed E-state index contributed by atoms with van der Waals surface area (Å²) in [6.45, 7) is -0.149. The molecule has 5 rings (SSSR count). The lowest BCUT2D eigenvalue weighted by molar-refractivity contribution is -0.140. The third-order valence-corrected chi connectivity index (χ3v) is 6.15. The summed E-state index contributed by atoms with van der Waals surface area (Å²) in [5, 5.41) is 13.6. The van der Waals surface area contributed by atoms with Crippen molar-refractivity contribution >= 4 is 16.8 Å². The van der Waals surface area contributed by atoms with E-state index in [-0.39, 0.29) is 35.2 Å². The highest BCUT2D eigenvalue weighted by Gasteiger charge is 2.35. The maximum absolute atomic E-state index is 13.2. The van der Waals surface area contributed by atoms with E-state index < -0.39 is 29.9 Å². The Morgan fingerprint density at radius 2 is 1.97 bits per heavy atom. The fourth-order valence-corrected chi connectivity index (χ4v) is 4.44. The fraction of sp³-hybridized carbons (Fsp3) is 0.240. The van der Waals surface area contributed by atoms with Crippen molar-refractivity contribution in [3.63, 3.8) is 0 Å². The minimum absolute atomic E-state index is 0.0119. The van der Waals surface area contributed by atoms with E-state index in [0.717, 1.165) is 17.2 Å². The van der Waals surface area contributed by atoms with Crippen LogP contribution in [0.25, 0.3) is 22.4 Å². The number of hydrogen-bond acceptors (Lipinski definition) is 7. The summed E-state index contributed by atoms with van der Waals surface area (Å²) in [5.41, 5.74) is 6.67. The summed E-state index contributed by atoms with van der Waals surface area (Å²) in [4.78, 5) is 21.2. The average molecular weight is 498 g/mol. The summed E-state index contributed by atoms with van der Waals surface area (Å²) >= 11 is 0. The molecule has 4 N–H and O–H groups in total. The van der Waals surface area contributed by atoms with Gasteiger partial charge in [-0.15, -0.1) is 0 Å². The first-order valence-electron chi connectivity index (χ1n) is 11.0. The van der Waals surface area contributed by atoms with Gasteiger partial charge in [0.05, 0.1) is 25.8 Å². The molecule has 0 radical (unpaired) electrons. The second-order valence-corrected chi connectivity index (χ2v) is 8.32. The Bertz CT molecular complexity index is 1470. The van der Waals surface area contributed by atoms with Crippen molar-refractivity contribution in [2.45, 2.75) is 31.3 Å². The van der Waals surface area contributed by atoms with Crippen molar-refractivity contribution < 1.29 is 32.2 Å². The molecule has 186 valence electrons. The molecule has 0 aliphatic heterocycles. The molecule has 0 bridgehead atoms. The summed E-state index contributed by atoms with van der Waals surface area (Å²) in [7, 11) is 1.33. The number of rotatable bonds is 5. The predicted molar refractivity (Wildman–Crippen MR) is 123 cm³/mol. The molecule has 2 heterocycles. The van der Waals surface area contributed by atoms with Crippen LogP contribution in [0, 0.1) is 0 Å². The van der Waals surface area contributed by atoms with Crippen molar-refractivity contribution in [1.29, 1.82) is 0 Å². The van der Waals surface area contributed by atoms with Gasteiger partial charge in [0, 0.05) is 17.4 Å². The van der Waals surface area contributed by atoms with E-state index >= 15 is 0 Å². The van der Waals surface area contributed by atoms with Crippen LogP contribution < -0.4 is 15.8 Å².